The first-order valence-electron chi connectivity index (χ1n) is 13.1. The van der Waals surface area contributed by atoms with Crippen molar-refractivity contribution in [2.75, 3.05) is 0 Å². The van der Waals surface area contributed by atoms with E-state index in [9.17, 15) is 9.90 Å². The molecule has 1 spiro atoms. The topological polar surface area (TPSA) is 74.2 Å². The Morgan fingerprint density at radius 2 is 1.69 bits per heavy atom. The summed E-state index contributed by atoms with van der Waals surface area (Å²) >= 11 is 3.68. The fourth-order valence-corrected chi connectivity index (χ4v) is 8.51. The molecule has 6 nitrogen and oxygen atoms in total. The molecule has 4 fully saturated rings. The molecular weight excluding hydrogens is 524 g/mol. The Labute approximate surface area is 221 Å². The van der Waals surface area contributed by atoms with Crippen molar-refractivity contribution in [3.63, 3.8) is 0 Å². The molecule has 6 rings (SSSR count). The van der Waals surface area contributed by atoms with Crippen molar-refractivity contribution in [3.05, 3.63) is 47.0 Å². The highest BCUT2D eigenvalue weighted by molar-refractivity contribution is 9.10. The van der Waals surface area contributed by atoms with Gasteiger partial charge in [-0.3, -0.25) is 4.79 Å². The number of halogens is 1. The summed E-state index contributed by atoms with van der Waals surface area (Å²) in [5.41, 5.74) is 0.801. The van der Waals surface area contributed by atoms with E-state index in [0.717, 1.165) is 29.6 Å². The van der Waals surface area contributed by atoms with Crippen LogP contribution in [0.25, 0.3) is 0 Å². The number of rotatable bonds is 1. The van der Waals surface area contributed by atoms with E-state index < -0.39 is 52.7 Å². The molecule has 1 aromatic carbocycles. The number of hydrogen-bond acceptors (Lipinski definition) is 6. The molecule has 1 N–H and O–H groups in total. The van der Waals surface area contributed by atoms with Gasteiger partial charge in [-0.05, 0) is 44.8 Å². The standard InChI is InChI=1S/C29H37BrO6/c1-15-18(31)14-29-23(33-25(36-29)16-10-8-7-9-11-16)20-21(32)17(30)12-13-28(20,6)24-22(19(15)26(29,2)3)34-27(4,5)35-24/h7-11,17-18,20,22-25,31H,12-14H2,1-6H3/t17-,18-,20-,22+,23-,24-,25-,28+,29+/m0/s1. The second-order valence-corrected chi connectivity index (χ2v) is 13.7. The number of carbonyl (C=O) groups excluding carboxylic acids is 1. The van der Waals surface area contributed by atoms with Crippen LogP contribution >= 0.6 is 15.9 Å². The van der Waals surface area contributed by atoms with Crippen molar-refractivity contribution in [1.29, 1.82) is 0 Å². The molecule has 2 saturated heterocycles. The van der Waals surface area contributed by atoms with Crippen LogP contribution in [0.3, 0.4) is 0 Å². The monoisotopic (exact) mass is 560 g/mol. The molecular formula is C29H37BrO6. The fourth-order valence-electron chi connectivity index (χ4n) is 8.00. The van der Waals surface area contributed by atoms with Gasteiger partial charge >= 0.3 is 0 Å². The number of hydrogen-bond donors (Lipinski definition) is 1. The number of ether oxygens (including phenoxy) is 4. The fraction of sp³-hybridized carbons (Fsp3) is 0.690. The maximum Gasteiger partial charge on any atom is 0.185 e. The van der Waals surface area contributed by atoms with E-state index in [1.165, 1.54) is 0 Å². The summed E-state index contributed by atoms with van der Waals surface area (Å²) < 4.78 is 27.1. The van der Waals surface area contributed by atoms with Crippen molar-refractivity contribution in [1.82, 2.24) is 0 Å². The van der Waals surface area contributed by atoms with Crippen molar-refractivity contribution in [2.24, 2.45) is 16.7 Å². The van der Waals surface area contributed by atoms with Gasteiger partial charge in [-0.15, -0.1) is 0 Å². The first-order valence-corrected chi connectivity index (χ1v) is 14.0. The maximum absolute atomic E-state index is 14.1. The van der Waals surface area contributed by atoms with E-state index in [2.05, 4.69) is 36.7 Å². The predicted octanol–water partition coefficient (Wildman–Crippen LogP) is 5.23. The lowest BCUT2D eigenvalue weighted by Gasteiger charge is -2.60. The van der Waals surface area contributed by atoms with Gasteiger partial charge in [0, 0.05) is 22.8 Å². The maximum atomic E-state index is 14.1. The first kappa shape index (κ1) is 25.2. The number of ketones is 1. The van der Waals surface area contributed by atoms with Gasteiger partial charge in [-0.25, -0.2) is 0 Å². The van der Waals surface area contributed by atoms with Crippen LogP contribution in [-0.2, 0) is 23.7 Å². The lowest BCUT2D eigenvalue weighted by atomic mass is 9.48. The van der Waals surface area contributed by atoms with Gasteiger partial charge in [0.1, 0.15) is 17.8 Å². The molecule has 5 aliphatic rings. The third kappa shape index (κ3) is 3.23. The average Bonchev–Trinajstić information content (AvgIpc) is 3.34. The van der Waals surface area contributed by atoms with Gasteiger partial charge in [0.15, 0.2) is 17.9 Å². The van der Waals surface area contributed by atoms with E-state index in [1.54, 1.807) is 0 Å². The van der Waals surface area contributed by atoms with E-state index >= 15 is 0 Å². The summed E-state index contributed by atoms with van der Waals surface area (Å²) in [5.74, 6) is -1.18. The van der Waals surface area contributed by atoms with Gasteiger partial charge in [-0.1, -0.05) is 67.0 Å². The number of fused-ring (bicyclic) bond motifs is 6. The normalized spacial score (nSPS) is 47.0. The summed E-state index contributed by atoms with van der Waals surface area (Å²) in [7, 11) is 0. The molecule has 2 heterocycles. The van der Waals surface area contributed by atoms with Crippen LogP contribution in [0.4, 0.5) is 0 Å². The predicted molar refractivity (Wildman–Crippen MR) is 137 cm³/mol. The molecule has 0 amide bonds. The van der Waals surface area contributed by atoms with E-state index in [1.807, 2.05) is 51.1 Å². The third-order valence-corrected chi connectivity index (χ3v) is 10.8. The zero-order valence-electron chi connectivity index (χ0n) is 21.9. The molecule has 9 atom stereocenters. The van der Waals surface area contributed by atoms with Crippen molar-refractivity contribution in [2.45, 2.75) is 108 Å². The van der Waals surface area contributed by atoms with Crippen LogP contribution in [0, 0.1) is 16.7 Å². The minimum Gasteiger partial charge on any atom is -0.389 e. The summed E-state index contributed by atoms with van der Waals surface area (Å²) in [6, 6.07) is 9.89. The van der Waals surface area contributed by atoms with Crippen LogP contribution in [0.1, 0.15) is 72.7 Å². The van der Waals surface area contributed by atoms with Crippen LogP contribution in [0.15, 0.2) is 41.5 Å². The minimum absolute atomic E-state index is 0.123. The second kappa shape index (κ2) is 7.96. The Morgan fingerprint density at radius 1 is 1.00 bits per heavy atom. The third-order valence-electron chi connectivity index (χ3n) is 9.87. The van der Waals surface area contributed by atoms with Gasteiger partial charge in [0.05, 0.1) is 23.0 Å². The van der Waals surface area contributed by atoms with E-state index in [4.69, 9.17) is 18.9 Å². The lowest BCUT2D eigenvalue weighted by molar-refractivity contribution is -0.184. The molecule has 7 heteroatoms. The van der Waals surface area contributed by atoms with Gasteiger partial charge in [-0.2, -0.15) is 0 Å². The quantitative estimate of drug-likeness (QED) is 0.374. The number of carbonyl (C=O) groups is 1. The number of aliphatic hydroxyl groups is 1. The number of Topliss-reactive ketones (excluding diaryl/α,β-unsaturated/α-hetero) is 1. The molecule has 2 aliphatic heterocycles. The number of aliphatic hydroxyl groups excluding tert-OH is 1. The van der Waals surface area contributed by atoms with E-state index in [-0.39, 0.29) is 16.7 Å². The molecule has 1 aromatic rings. The van der Waals surface area contributed by atoms with E-state index in [0.29, 0.717) is 6.42 Å². The minimum atomic E-state index is -0.922. The Kier molecular flexibility index (Phi) is 5.58. The Morgan fingerprint density at radius 3 is 2.39 bits per heavy atom. The first-order chi connectivity index (χ1) is 16.8. The molecule has 2 bridgehead atoms. The Hall–Kier alpha value is -1.09. The summed E-state index contributed by atoms with van der Waals surface area (Å²) in [6.45, 7) is 12.4. The zero-order valence-corrected chi connectivity index (χ0v) is 23.5. The number of alkyl halides is 1. The van der Waals surface area contributed by atoms with Gasteiger partial charge in [0.2, 0.25) is 0 Å². The van der Waals surface area contributed by atoms with Crippen molar-refractivity contribution in [3.8, 4) is 0 Å². The largest absolute Gasteiger partial charge is 0.389 e. The summed E-state index contributed by atoms with van der Waals surface area (Å²) in [6.07, 6.45) is -0.787. The molecule has 36 heavy (non-hydrogen) atoms. The molecule has 3 aliphatic carbocycles. The Balaban J connectivity index is 1.62. The SMILES string of the molecule is CC1=C2[C@H]3OC(C)(C)O[C@@H]3[C@]3(C)CC[C@H](Br)C(=O)[C@H]3[C@@H]3O[C@H](c4ccccc4)O[C@@]3(C[C@@H]1O)C2(C)C. The Bertz CT molecular complexity index is 1110. The molecule has 0 unspecified atom stereocenters. The van der Waals surface area contributed by atoms with Crippen molar-refractivity contribution < 1.29 is 28.8 Å². The van der Waals surface area contributed by atoms with Gasteiger partial charge < -0.3 is 24.1 Å². The summed E-state index contributed by atoms with van der Waals surface area (Å²) in [5, 5.41) is 11.5. The highest BCUT2D eigenvalue weighted by Gasteiger charge is 2.73. The molecule has 0 aromatic heterocycles. The molecule has 2 saturated carbocycles. The molecule has 196 valence electrons. The highest BCUT2D eigenvalue weighted by Crippen LogP contribution is 2.67. The smallest absolute Gasteiger partial charge is 0.185 e. The van der Waals surface area contributed by atoms with Crippen LogP contribution in [0.5, 0.6) is 0 Å². The van der Waals surface area contributed by atoms with Crippen molar-refractivity contribution >= 4 is 21.7 Å². The zero-order chi connectivity index (χ0) is 25.8. The highest BCUT2D eigenvalue weighted by atomic mass is 79.9. The van der Waals surface area contributed by atoms with Crippen LogP contribution < -0.4 is 0 Å². The second-order valence-electron chi connectivity index (χ2n) is 12.6. The van der Waals surface area contributed by atoms with Gasteiger partial charge in [0.25, 0.3) is 0 Å². The number of benzene rings is 1. The van der Waals surface area contributed by atoms with Crippen LogP contribution in [0.2, 0.25) is 0 Å². The summed E-state index contributed by atoms with van der Waals surface area (Å²) in [4.78, 5) is 13.9. The molecule has 0 radical (unpaired) electrons. The average molecular weight is 562 g/mol. The lowest BCUT2D eigenvalue weighted by Crippen LogP contribution is -2.69. The van der Waals surface area contributed by atoms with Crippen LogP contribution in [-0.4, -0.2) is 51.5 Å².